The Morgan fingerprint density at radius 3 is 2.73 bits per heavy atom. The largest absolute Gasteiger partial charge is 0.367 e. The first kappa shape index (κ1) is 23.0. The number of aromatic nitrogens is 4. The summed E-state index contributed by atoms with van der Waals surface area (Å²) in [6, 6.07) is 14.5. The number of fused-ring (bicyclic) bond motifs is 2. The van der Waals surface area contributed by atoms with Gasteiger partial charge in [0.2, 0.25) is 5.91 Å². The molecule has 0 unspecified atom stereocenters. The van der Waals surface area contributed by atoms with Gasteiger partial charge in [0.1, 0.15) is 5.82 Å². The summed E-state index contributed by atoms with van der Waals surface area (Å²) >= 11 is 1.65. The molecule has 4 aromatic rings. The fourth-order valence-corrected chi connectivity index (χ4v) is 4.42. The molecule has 2 aromatic heterocycles. The molecule has 33 heavy (non-hydrogen) atoms. The maximum Gasteiger partial charge on any atom is 0.224 e. The summed E-state index contributed by atoms with van der Waals surface area (Å²) in [5, 5.41) is 14.9. The van der Waals surface area contributed by atoms with Crippen LogP contribution in [0.15, 0.2) is 53.8 Å². The van der Waals surface area contributed by atoms with Crippen LogP contribution in [0.1, 0.15) is 32.8 Å². The number of carbonyl (C=O) groups is 1. The lowest BCUT2D eigenvalue weighted by molar-refractivity contribution is -0.120. The number of nitrogens with one attached hydrogen (secondary N) is 2. The molecule has 172 valence electrons. The lowest BCUT2D eigenvalue weighted by Gasteiger charge is -2.12. The number of amides is 1. The van der Waals surface area contributed by atoms with Crippen LogP contribution in [0.4, 0.5) is 5.82 Å². The Morgan fingerprint density at radius 2 is 1.91 bits per heavy atom. The van der Waals surface area contributed by atoms with Crippen LogP contribution in [0, 0.1) is 0 Å². The van der Waals surface area contributed by atoms with E-state index in [1.165, 1.54) is 0 Å². The molecule has 2 N–H and O–H groups in total. The van der Waals surface area contributed by atoms with Crippen LogP contribution in [0.25, 0.3) is 21.8 Å². The second kappa shape index (κ2) is 10.7. The van der Waals surface area contributed by atoms with Gasteiger partial charge in [-0.05, 0) is 36.6 Å². The first-order valence-electron chi connectivity index (χ1n) is 11.4. The second-order valence-electron chi connectivity index (χ2n) is 8.27. The Morgan fingerprint density at radius 1 is 1.09 bits per heavy atom. The molecule has 0 fully saturated rings. The number of nitrogens with zero attached hydrogens (tertiary/aromatic N) is 4. The third-order valence-corrected chi connectivity index (χ3v) is 6.27. The summed E-state index contributed by atoms with van der Waals surface area (Å²) in [6.45, 7) is 7.34. The summed E-state index contributed by atoms with van der Waals surface area (Å²) in [5.74, 6) is 1.77. The fourth-order valence-electron chi connectivity index (χ4n) is 3.72. The molecule has 8 heteroatoms. The summed E-state index contributed by atoms with van der Waals surface area (Å²) in [4.78, 5) is 22.0. The maximum atomic E-state index is 12.6. The summed E-state index contributed by atoms with van der Waals surface area (Å²) in [7, 11) is 0. The van der Waals surface area contributed by atoms with Crippen molar-refractivity contribution < 1.29 is 4.79 Å². The van der Waals surface area contributed by atoms with E-state index in [2.05, 4.69) is 59.7 Å². The van der Waals surface area contributed by atoms with E-state index in [4.69, 9.17) is 4.98 Å². The molecule has 0 saturated carbocycles. The van der Waals surface area contributed by atoms with Gasteiger partial charge in [0.05, 0.1) is 24.5 Å². The van der Waals surface area contributed by atoms with Crippen molar-refractivity contribution in [1.29, 1.82) is 0 Å². The standard InChI is InChI=1S/C25H30N6OS/c1-4-14-33-25-29-23(28-17(2)3)21-16-27-31(24(21)30-25)13-12-26-22(32)15-19-10-7-9-18-8-5-6-11-20(18)19/h5-11,16-17H,4,12-15H2,1-3H3,(H,26,32)(H,28,29,30). The predicted octanol–water partition coefficient (Wildman–Crippen LogP) is 4.66. The summed E-state index contributed by atoms with van der Waals surface area (Å²) in [6.07, 6.45) is 3.21. The van der Waals surface area contributed by atoms with Crippen LogP contribution in [-0.4, -0.2) is 44.0 Å². The number of anilines is 1. The van der Waals surface area contributed by atoms with E-state index in [1.54, 1.807) is 18.0 Å². The minimum atomic E-state index is -0.00112. The molecule has 2 aromatic carbocycles. The average molecular weight is 463 g/mol. The van der Waals surface area contributed by atoms with Crippen molar-refractivity contribution in [3.05, 3.63) is 54.2 Å². The first-order valence-corrected chi connectivity index (χ1v) is 12.4. The highest BCUT2D eigenvalue weighted by Gasteiger charge is 2.14. The molecule has 0 radical (unpaired) electrons. The Balaban J connectivity index is 1.44. The predicted molar refractivity (Wildman–Crippen MR) is 136 cm³/mol. The Labute approximate surface area is 198 Å². The molecule has 0 atom stereocenters. The molecule has 7 nitrogen and oxygen atoms in total. The van der Waals surface area contributed by atoms with Gasteiger partial charge in [-0.25, -0.2) is 14.6 Å². The van der Waals surface area contributed by atoms with E-state index in [9.17, 15) is 4.79 Å². The highest BCUT2D eigenvalue weighted by Crippen LogP contribution is 2.25. The Bertz CT molecular complexity index is 1250. The van der Waals surface area contributed by atoms with Gasteiger partial charge in [-0.1, -0.05) is 61.2 Å². The summed E-state index contributed by atoms with van der Waals surface area (Å²) in [5.41, 5.74) is 1.82. The van der Waals surface area contributed by atoms with Crippen molar-refractivity contribution in [2.45, 2.75) is 51.4 Å². The van der Waals surface area contributed by atoms with Gasteiger partial charge < -0.3 is 10.6 Å². The lowest BCUT2D eigenvalue weighted by atomic mass is 10.0. The SMILES string of the molecule is CCCSc1nc(NC(C)C)c2cnn(CCNC(=O)Cc3cccc4ccccc34)c2n1. The molecule has 4 rings (SSSR count). The quantitative estimate of drug-likeness (QED) is 0.263. The van der Waals surface area contributed by atoms with Gasteiger partial charge in [0.25, 0.3) is 0 Å². The van der Waals surface area contributed by atoms with Gasteiger partial charge >= 0.3 is 0 Å². The zero-order valence-corrected chi connectivity index (χ0v) is 20.2. The topological polar surface area (TPSA) is 84.7 Å². The zero-order chi connectivity index (χ0) is 23.2. The average Bonchev–Trinajstić information content (AvgIpc) is 3.21. The van der Waals surface area contributed by atoms with Crippen molar-refractivity contribution in [2.75, 3.05) is 17.6 Å². The Hall–Kier alpha value is -3.13. The van der Waals surface area contributed by atoms with E-state index in [1.807, 2.05) is 28.9 Å². The summed E-state index contributed by atoms with van der Waals surface area (Å²) < 4.78 is 1.84. The van der Waals surface area contributed by atoms with Crippen molar-refractivity contribution in [3.63, 3.8) is 0 Å². The fraction of sp³-hybridized carbons (Fsp3) is 0.360. The van der Waals surface area contributed by atoms with Crippen LogP contribution in [0.2, 0.25) is 0 Å². The highest BCUT2D eigenvalue weighted by atomic mass is 32.2. The normalized spacial score (nSPS) is 11.4. The lowest BCUT2D eigenvalue weighted by Crippen LogP contribution is -2.29. The molecule has 0 aliphatic heterocycles. The minimum absolute atomic E-state index is 0.00112. The maximum absolute atomic E-state index is 12.6. The van der Waals surface area contributed by atoms with Gasteiger partial charge in [0, 0.05) is 18.3 Å². The molecule has 1 amide bonds. The van der Waals surface area contributed by atoms with E-state index >= 15 is 0 Å². The minimum Gasteiger partial charge on any atom is -0.367 e. The monoisotopic (exact) mass is 462 g/mol. The van der Waals surface area contributed by atoms with Crippen LogP contribution in [-0.2, 0) is 17.8 Å². The number of hydrogen-bond acceptors (Lipinski definition) is 6. The van der Waals surface area contributed by atoms with Crippen LogP contribution < -0.4 is 10.6 Å². The van der Waals surface area contributed by atoms with Crippen LogP contribution in [0.3, 0.4) is 0 Å². The number of carbonyl (C=O) groups excluding carboxylic acids is 1. The Kier molecular flexibility index (Phi) is 7.44. The van der Waals surface area contributed by atoms with E-state index in [0.717, 1.165) is 50.5 Å². The van der Waals surface area contributed by atoms with Gasteiger partial charge in [-0.15, -0.1) is 0 Å². The molecular formula is C25H30N6OS. The van der Waals surface area contributed by atoms with Gasteiger partial charge in [-0.2, -0.15) is 5.10 Å². The number of hydrogen-bond donors (Lipinski definition) is 2. The van der Waals surface area contributed by atoms with Crippen LogP contribution in [0.5, 0.6) is 0 Å². The zero-order valence-electron chi connectivity index (χ0n) is 19.3. The van der Waals surface area contributed by atoms with Crippen molar-refractivity contribution >= 4 is 45.3 Å². The molecule has 2 heterocycles. The molecule has 0 bridgehead atoms. The molecule has 0 spiro atoms. The number of thioether (sulfide) groups is 1. The van der Waals surface area contributed by atoms with Gasteiger partial charge in [-0.3, -0.25) is 4.79 Å². The van der Waals surface area contributed by atoms with Crippen molar-refractivity contribution in [2.24, 2.45) is 0 Å². The van der Waals surface area contributed by atoms with E-state index < -0.39 is 0 Å². The number of benzene rings is 2. The van der Waals surface area contributed by atoms with E-state index in [0.29, 0.717) is 19.5 Å². The molecule has 0 aliphatic carbocycles. The third-order valence-electron chi connectivity index (χ3n) is 5.21. The number of rotatable bonds is 10. The smallest absolute Gasteiger partial charge is 0.224 e. The second-order valence-corrected chi connectivity index (χ2v) is 9.33. The van der Waals surface area contributed by atoms with Crippen molar-refractivity contribution in [1.82, 2.24) is 25.1 Å². The molecule has 0 saturated heterocycles. The molecule has 0 aliphatic rings. The molecular weight excluding hydrogens is 432 g/mol. The third kappa shape index (κ3) is 5.63. The van der Waals surface area contributed by atoms with Crippen molar-refractivity contribution in [3.8, 4) is 0 Å². The highest BCUT2D eigenvalue weighted by molar-refractivity contribution is 7.99. The van der Waals surface area contributed by atoms with Crippen LogP contribution >= 0.6 is 11.8 Å². The van der Waals surface area contributed by atoms with Gasteiger partial charge in [0.15, 0.2) is 10.8 Å². The first-order chi connectivity index (χ1) is 16.0. The van der Waals surface area contributed by atoms with E-state index in [-0.39, 0.29) is 11.9 Å².